The molecule has 0 radical (unpaired) electrons. The Kier molecular flexibility index (Phi) is 6.21. The minimum absolute atomic E-state index is 0.125. The zero-order valence-corrected chi connectivity index (χ0v) is 14.6. The summed E-state index contributed by atoms with van der Waals surface area (Å²) in [6, 6.07) is 10.9. The topological polar surface area (TPSA) is 59.9 Å². The third-order valence-corrected chi connectivity index (χ3v) is 3.89. The lowest BCUT2D eigenvalue weighted by Crippen LogP contribution is -2.24. The van der Waals surface area contributed by atoms with E-state index in [0.29, 0.717) is 10.8 Å². The number of nitrogens with zero attached hydrogens (tertiary/aromatic N) is 1. The first-order chi connectivity index (χ1) is 11.5. The van der Waals surface area contributed by atoms with Gasteiger partial charge in [0.2, 0.25) is 0 Å². The third-order valence-electron chi connectivity index (χ3n) is 3.30. The second-order valence-corrected chi connectivity index (χ2v) is 5.60. The summed E-state index contributed by atoms with van der Waals surface area (Å²) >= 11 is 6.10. The van der Waals surface area contributed by atoms with Crippen LogP contribution in [0.3, 0.4) is 0 Å². The van der Waals surface area contributed by atoms with Crippen LogP contribution in [0.15, 0.2) is 41.5 Å². The second kappa shape index (κ2) is 8.36. The average Bonchev–Trinajstić information content (AvgIpc) is 2.58. The summed E-state index contributed by atoms with van der Waals surface area (Å²) < 4.78 is 10.5. The van der Waals surface area contributed by atoms with Crippen molar-refractivity contribution in [3.05, 3.63) is 58.1 Å². The lowest BCUT2D eigenvalue weighted by molar-refractivity contribution is -0.123. The van der Waals surface area contributed by atoms with Crippen LogP contribution < -0.4 is 14.9 Å². The fourth-order valence-corrected chi connectivity index (χ4v) is 2.15. The lowest BCUT2D eigenvalue weighted by atomic mass is 10.1. The molecule has 0 aliphatic carbocycles. The molecular formula is C18H19ClN2O3. The molecule has 0 saturated heterocycles. The molecule has 0 bridgehead atoms. The van der Waals surface area contributed by atoms with Gasteiger partial charge < -0.3 is 9.47 Å². The highest BCUT2D eigenvalue weighted by molar-refractivity contribution is 6.32. The summed E-state index contributed by atoms with van der Waals surface area (Å²) in [4.78, 5) is 11.7. The van der Waals surface area contributed by atoms with Crippen molar-refractivity contribution in [2.75, 3.05) is 13.7 Å². The predicted octanol–water partition coefficient (Wildman–Crippen LogP) is 3.49. The van der Waals surface area contributed by atoms with Gasteiger partial charge in [0, 0.05) is 5.02 Å². The highest BCUT2D eigenvalue weighted by Crippen LogP contribution is 2.25. The second-order valence-electron chi connectivity index (χ2n) is 5.23. The standard InChI is InChI=1S/C18H19ClN2O3/c1-12-8-16(9-13(2)18(12)19)24-11-17(22)21-20-10-14-4-6-15(23-3)7-5-14/h4-10H,11H2,1-3H3,(H,21,22)/b20-10+. The van der Waals surface area contributed by atoms with Crippen LogP contribution >= 0.6 is 11.6 Å². The zero-order chi connectivity index (χ0) is 17.5. The van der Waals surface area contributed by atoms with E-state index in [1.54, 1.807) is 25.5 Å². The monoisotopic (exact) mass is 346 g/mol. The quantitative estimate of drug-likeness (QED) is 0.643. The summed E-state index contributed by atoms with van der Waals surface area (Å²) in [6.45, 7) is 3.66. The predicted molar refractivity (Wildman–Crippen MR) is 95.2 cm³/mol. The largest absolute Gasteiger partial charge is 0.497 e. The molecule has 24 heavy (non-hydrogen) atoms. The van der Waals surface area contributed by atoms with E-state index in [2.05, 4.69) is 10.5 Å². The van der Waals surface area contributed by atoms with Gasteiger partial charge in [-0.05, 0) is 66.9 Å². The molecule has 0 aliphatic rings. The van der Waals surface area contributed by atoms with Crippen LogP contribution in [0.1, 0.15) is 16.7 Å². The molecule has 0 spiro atoms. The number of rotatable bonds is 6. The minimum Gasteiger partial charge on any atom is -0.497 e. The van der Waals surface area contributed by atoms with Crippen LogP contribution in [0.25, 0.3) is 0 Å². The summed E-state index contributed by atoms with van der Waals surface area (Å²) in [7, 11) is 1.60. The van der Waals surface area contributed by atoms with E-state index in [1.165, 1.54) is 0 Å². The molecule has 5 nitrogen and oxygen atoms in total. The smallest absolute Gasteiger partial charge is 0.277 e. The van der Waals surface area contributed by atoms with Gasteiger partial charge in [-0.15, -0.1) is 0 Å². The van der Waals surface area contributed by atoms with Crippen LogP contribution in [0, 0.1) is 13.8 Å². The molecule has 6 heteroatoms. The molecule has 0 atom stereocenters. The number of hydrazone groups is 1. The maximum Gasteiger partial charge on any atom is 0.277 e. The van der Waals surface area contributed by atoms with E-state index in [9.17, 15) is 4.79 Å². The van der Waals surface area contributed by atoms with E-state index in [4.69, 9.17) is 21.1 Å². The highest BCUT2D eigenvalue weighted by Gasteiger charge is 2.06. The first kappa shape index (κ1) is 17.8. The van der Waals surface area contributed by atoms with Crippen molar-refractivity contribution in [1.29, 1.82) is 0 Å². The summed E-state index contributed by atoms with van der Waals surface area (Å²) in [5.41, 5.74) is 5.08. The number of hydrogen-bond donors (Lipinski definition) is 1. The molecule has 2 aromatic rings. The van der Waals surface area contributed by atoms with Crippen molar-refractivity contribution in [2.45, 2.75) is 13.8 Å². The Labute approximate surface area is 146 Å². The molecule has 0 heterocycles. The fraction of sp³-hybridized carbons (Fsp3) is 0.222. The van der Waals surface area contributed by atoms with Gasteiger partial charge in [0.05, 0.1) is 13.3 Å². The van der Waals surface area contributed by atoms with Gasteiger partial charge in [0.25, 0.3) is 5.91 Å². The lowest BCUT2D eigenvalue weighted by Gasteiger charge is -2.09. The molecule has 0 aromatic heterocycles. The Balaban J connectivity index is 1.83. The molecular weight excluding hydrogens is 328 g/mol. The number of hydrogen-bond acceptors (Lipinski definition) is 4. The van der Waals surface area contributed by atoms with Crippen molar-refractivity contribution < 1.29 is 14.3 Å². The van der Waals surface area contributed by atoms with E-state index < -0.39 is 0 Å². The van der Waals surface area contributed by atoms with Gasteiger partial charge in [-0.2, -0.15) is 5.10 Å². The molecule has 1 N–H and O–H groups in total. The van der Waals surface area contributed by atoms with E-state index in [-0.39, 0.29) is 12.5 Å². The van der Waals surface area contributed by atoms with Gasteiger partial charge in [0.1, 0.15) is 11.5 Å². The Hall–Kier alpha value is -2.53. The summed E-state index contributed by atoms with van der Waals surface area (Å²) in [5, 5.41) is 4.60. The number of aryl methyl sites for hydroxylation is 2. The summed E-state index contributed by atoms with van der Waals surface area (Å²) in [6.07, 6.45) is 1.55. The van der Waals surface area contributed by atoms with Crippen molar-refractivity contribution in [2.24, 2.45) is 5.10 Å². The minimum atomic E-state index is -0.343. The van der Waals surface area contributed by atoms with Crippen LogP contribution in [0.4, 0.5) is 0 Å². The van der Waals surface area contributed by atoms with Crippen molar-refractivity contribution >= 4 is 23.7 Å². The van der Waals surface area contributed by atoms with E-state index in [0.717, 1.165) is 22.4 Å². The number of amides is 1. The Morgan fingerprint density at radius 3 is 2.38 bits per heavy atom. The Morgan fingerprint density at radius 2 is 1.79 bits per heavy atom. The molecule has 126 valence electrons. The van der Waals surface area contributed by atoms with Gasteiger partial charge in [0.15, 0.2) is 6.61 Å². The summed E-state index contributed by atoms with van der Waals surface area (Å²) in [5.74, 6) is 1.02. The highest BCUT2D eigenvalue weighted by atomic mass is 35.5. The first-order valence-electron chi connectivity index (χ1n) is 7.35. The number of ether oxygens (including phenoxy) is 2. The van der Waals surface area contributed by atoms with Crippen LogP contribution in [0.5, 0.6) is 11.5 Å². The number of halogens is 1. The number of carbonyl (C=O) groups is 1. The number of carbonyl (C=O) groups excluding carboxylic acids is 1. The van der Waals surface area contributed by atoms with Crippen molar-refractivity contribution in [3.63, 3.8) is 0 Å². The van der Waals surface area contributed by atoms with Crippen LogP contribution in [0.2, 0.25) is 5.02 Å². The third kappa shape index (κ3) is 4.99. The number of nitrogens with one attached hydrogen (secondary N) is 1. The first-order valence-corrected chi connectivity index (χ1v) is 7.73. The normalized spacial score (nSPS) is 10.7. The molecule has 2 aromatic carbocycles. The molecule has 0 aliphatic heterocycles. The molecule has 2 rings (SSSR count). The Bertz CT molecular complexity index is 719. The SMILES string of the molecule is COc1ccc(/C=N/NC(=O)COc2cc(C)c(Cl)c(C)c2)cc1. The number of methoxy groups -OCH3 is 1. The molecule has 0 fully saturated rings. The van der Waals surface area contributed by atoms with Crippen molar-refractivity contribution in [1.82, 2.24) is 5.43 Å². The van der Waals surface area contributed by atoms with Gasteiger partial charge in [-0.25, -0.2) is 5.43 Å². The van der Waals surface area contributed by atoms with E-state index in [1.807, 2.05) is 38.1 Å². The maximum absolute atomic E-state index is 11.7. The fourth-order valence-electron chi connectivity index (χ4n) is 2.04. The van der Waals surface area contributed by atoms with Crippen LogP contribution in [-0.4, -0.2) is 25.8 Å². The Morgan fingerprint density at radius 1 is 1.17 bits per heavy atom. The van der Waals surface area contributed by atoms with Gasteiger partial charge in [-0.3, -0.25) is 4.79 Å². The zero-order valence-electron chi connectivity index (χ0n) is 13.8. The maximum atomic E-state index is 11.7. The average molecular weight is 347 g/mol. The molecule has 0 saturated carbocycles. The van der Waals surface area contributed by atoms with Gasteiger partial charge >= 0.3 is 0 Å². The van der Waals surface area contributed by atoms with Crippen molar-refractivity contribution in [3.8, 4) is 11.5 Å². The van der Waals surface area contributed by atoms with Crippen LogP contribution in [-0.2, 0) is 4.79 Å². The molecule has 1 amide bonds. The number of benzene rings is 2. The van der Waals surface area contributed by atoms with E-state index >= 15 is 0 Å². The molecule has 0 unspecified atom stereocenters. The van der Waals surface area contributed by atoms with Gasteiger partial charge in [-0.1, -0.05) is 11.6 Å².